The third-order valence-corrected chi connectivity index (χ3v) is 5.96. The summed E-state index contributed by atoms with van der Waals surface area (Å²) in [6.45, 7) is 5.16. The van der Waals surface area contributed by atoms with Crippen molar-refractivity contribution in [1.29, 1.82) is 0 Å². The smallest absolute Gasteiger partial charge is 0.226 e. The van der Waals surface area contributed by atoms with Gasteiger partial charge in [-0.1, -0.05) is 12.8 Å². The zero-order chi connectivity index (χ0) is 14.7. The van der Waals surface area contributed by atoms with Crippen molar-refractivity contribution >= 4 is 5.91 Å². The molecule has 1 aliphatic carbocycles. The molecular formula is C17H31N3O. The SMILES string of the molecule is NCC1CCCC1C(=O)N1CCC(N2CCCCC2)CC1. The number of nitrogens with zero attached hydrogens (tertiary/aromatic N) is 2. The summed E-state index contributed by atoms with van der Waals surface area (Å²) in [7, 11) is 0. The Kier molecular flexibility index (Phi) is 5.17. The van der Waals surface area contributed by atoms with Crippen LogP contribution in [0.25, 0.3) is 0 Å². The van der Waals surface area contributed by atoms with Gasteiger partial charge in [-0.15, -0.1) is 0 Å². The van der Waals surface area contributed by atoms with Crippen molar-refractivity contribution in [1.82, 2.24) is 9.80 Å². The first-order chi connectivity index (χ1) is 10.3. The van der Waals surface area contributed by atoms with E-state index in [0.717, 1.165) is 32.0 Å². The standard InChI is InChI=1S/C17H31N3O/c18-13-14-5-4-6-16(14)17(21)20-11-7-15(8-12-20)19-9-2-1-3-10-19/h14-16H,1-13,18H2. The van der Waals surface area contributed by atoms with Crippen molar-refractivity contribution in [3.8, 4) is 0 Å². The largest absolute Gasteiger partial charge is 0.342 e. The van der Waals surface area contributed by atoms with Crippen LogP contribution in [0.2, 0.25) is 0 Å². The minimum Gasteiger partial charge on any atom is -0.342 e. The normalized spacial score (nSPS) is 32.5. The highest BCUT2D eigenvalue weighted by molar-refractivity contribution is 5.79. The summed E-state index contributed by atoms with van der Waals surface area (Å²) >= 11 is 0. The van der Waals surface area contributed by atoms with Crippen LogP contribution in [0, 0.1) is 11.8 Å². The summed E-state index contributed by atoms with van der Waals surface area (Å²) in [5.74, 6) is 1.07. The predicted molar refractivity (Wildman–Crippen MR) is 84.9 cm³/mol. The average molecular weight is 293 g/mol. The molecule has 0 spiro atoms. The van der Waals surface area contributed by atoms with Crippen molar-refractivity contribution in [3.05, 3.63) is 0 Å². The monoisotopic (exact) mass is 293 g/mol. The molecule has 2 unspecified atom stereocenters. The lowest BCUT2D eigenvalue weighted by Gasteiger charge is -2.41. The van der Waals surface area contributed by atoms with Crippen LogP contribution in [0.15, 0.2) is 0 Å². The molecule has 2 atom stereocenters. The van der Waals surface area contributed by atoms with E-state index in [1.165, 1.54) is 51.6 Å². The zero-order valence-corrected chi connectivity index (χ0v) is 13.3. The van der Waals surface area contributed by atoms with Gasteiger partial charge in [-0.05, 0) is 64.1 Å². The van der Waals surface area contributed by atoms with E-state index in [1.54, 1.807) is 0 Å². The second kappa shape index (κ2) is 7.10. The van der Waals surface area contributed by atoms with Gasteiger partial charge in [-0.2, -0.15) is 0 Å². The first-order valence-corrected chi connectivity index (χ1v) is 9.02. The third kappa shape index (κ3) is 3.42. The summed E-state index contributed by atoms with van der Waals surface area (Å²) in [6.07, 6.45) is 9.86. The predicted octanol–water partition coefficient (Wildman–Crippen LogP) is 1.84. The first kappa shape index (κ1) is 15.3. The number of hydrogen-bond donors (Lipinski definition) is 1. The quantitative estimate of drug-likeness (QED) is 0.864. The van der Waals surface area contributed by atoms with Crippen LogP contribution in [0.5, 0.6) is 0 Å². The van der Waals surface area contributed by atoms with Gasteiger partial charge in [0.2, 0.25) is 5.91 Å². The lowest BCUT2D eigenvalue weighted by atomic mass is 9.93. The highest BCUT2D eigenvalue weighted by Crippen LogP contribution is 2.33. The number of rotatable bonds is 3. The molecule has 1 saturated carbocycles. The zero-order valence-electron chi connectivity index (χ0n) is 13.3. The summed E-state index contributed by atoms with van der Waals surface area (Å²) in [4.78, 5) is 17.5. The van der Waals surface area contributed by atoms with E-state index in [0.29, 0.717) is 18.4 Å². The minimum atomic E-state index is 0.224. The van der Waals surface area contributed by atoms with Crippen molar-refractivity contribution < 1.29 is 4.79 Å². The van der Waals surface area contributed by atoms with Crippen molar-refractivity contribution in [2.45, 2.75) is 57.4 Å². The molecule has 2 heterocycles. The number of nitrogens with two attached hydrogens (primary N) is 1. The maximum atomic E-state index is 12.7. The van der Waals surface area contributed by atoms with Gasteiger partial charge in [0, 0.05) is 25.0 Å². The molecule has 120 valence electrons. The molecule has 21 heavy (non-hydrogen) atoms. The van der Waals surface area contributed by atoms with E-state index in [1.807, 2.05) is 0 Å². The molecule has 2 N–H and O–H groups in total. The van der Waals surface area contributed by atoms with E-state index in [9.17, 15) is 4.79 Å². The van der Waals surface area contributed by atoms with Crippen molar-refractivity contribution in [2.24, 2.45) is 17.6 Å². The fraction of sp³-hybridized carbons (Fsp3) is 0.941. The molecule has 0 aromatic rings. The summed E-state index contributed by atoms with van der Waals surface area (Å²) in [5.41, 5.74) is 5.83. The first-order valence-electron chi connectivity index (χ1n) is 9.02. The van der Waals surface area contributed by atoms with E-state index in [-0.39, 0.29) is 5.92 Å². The Balaban J connectivity index is 1.49. The Labute approximate surface area is 129 Å². The van der Waals surface area contributed by atoms with Gasteiger partial charge < -0.3 is 15.5 Å². The van der Waals surface area contributed by atoms with Crippen LogP contribution in [-0.4, -0.2) is 54.5 Å². The fourth-order valence-electron chi connectivity index (χ4n) is 4.61. The van der Waals surface area contributed by atoms with Crippen LogP contribution in [0.3, 0.4) is 0 Å². The summed E-state index contributed by atoms with van der Waals surface area (Å²) in [6, 6.07) is 0.725. The summed E-state index contributed by atoms with van der Waals surface area (Å²) < 4.78 is 0. The van der Waals surface area contributed by atoms with Gasteiger partial charge in [0.25, 0.3) is 0 Å². The molecule has 2 saturated heterocycles. The number of amides is 1. The van der Waals surface area contributed by atoms with E-state index >= 15 is 0 Å². The lowest BCUT2D eigenvalue weighted by Crippen LogP contribution is -2.49. The topological polar surface area (TPSA) is 49.6 Å². The van der Waals surface area contributed by atoms with Crippen LogP contribution in [-0.2, 0) is 4.79 Å². The van der Waals surface area contributed by atoms with Crippen LogP contribution in [0.4, 0.5) is 0 Å². The maximum Gasteiger partial charge on any atom is 0.226 e. The van der Waals surface area contributed by atoms with Gasteiger partial charge in [-0.3, -0.25) is 4.79 Å². The number of hydrogen-bond acceptors (Lipinski definition) is 3. The average Bonchev–Trinajstić information content (AvgIpc) is 3.04. The van der Waals surface area contributed by atoms with Gasteiger partial charge in [-0.25, -0.2) is 0 Å². The van der Waals surface area contributed by atoms with E-state index < -0.39 is 0 Å². The molecule has 0 aromatic carbocycles. The second-order valence-electron chi connectivity index (χ2n) is 7.19. The third-order valence-electron chi connectivity index (χ3n) is 5.96. The molecule has 3 aliphatic rings. The highest BCUT2D eigenvalue weighted by Gasteiger charge is 2.36. The fourth-order valence-corrected chi connectivity index (χ4v) is 4.61. The molecule has 0 radical (unpaired) electrons. The molecule has 3 rings (SSSR count). The van der Waals surface area contributed by atoms with Crippen LogP contribution in [0.1, 0.15) is 51.4 Å². The molecule has 2 aliphatic heterocycles. The van der Waals surface area contributed by atoms with Crippen LogP contribution >= 0.6 is 0 Å². The Bertz CT molecular complexity index is 346. The minimum absolute atomic E-state index is 0.224. The van der Waals surface area contributed by atoms with Crippen molar-refractivity contribution in [2.75, 3.05) is 32.7 Å². The molecule has 1 amide bonds. The Morgan fingerprint density at radius 2 is 1.62 bits per heavy atom. The second-order valence-corrected chi connectivity index (χ2v) is 7.19. The molecule has 0 aromatic heterocycles. The number of carbonyl (C=O) groups is 1. The lowest BCUT2D eigenvalue weighted by molar-refractivity contribution is -0.138. The van der Waals surface area contributed by atoms with Crippen molar-refractivity contribution in [3.63, 3.8) is 0 Å². The number of carbonyl (C=O) groups excluding carboxylic acids is 1. The maximum absolute atomic E-state index is 12.7. The Morgan fingerprint density at radius 1 is 0.905 bits per heavy atom. The molecule has 4 nitrogen and oxygen atoms in total. The van der Waals surface area contributed by atoms with E-state index in [4.69, 9.17) is 5.73 Å². The van der Waals surface area contributed by atoms with Gasteiger partial charge >= 0.3 is 0 Å². The van der Waals surface area contributed by atoms with Crippen LogP contribution < -0.4 is 5.73 Å². The van der Waals surface area contributed by atoms with Gasteiger partial charge in [0.05, 0.1) is 0 Å². The number of likely N-dealkylation sites (tertiary alicyclic amines) is 2. The molecule has 3 fully saturated rings. The highest BCUT2D eigenvalue weighted by atomic mass is 16.2. The molecule has 0 bridgehead atoms. The molecular weight excluding hydrogens is 262 g/mol. The van der Waals surface area contributed by atoms with Gasteiger partial charge in [0.15, 0.2) is 0 Å². The summed E-state index contributed by atoms with van der Waals surface area (Å²) in [5, 5.41) is 0. The number of piperidine rings is 2. The Hall–Kier alpha value is -0.610. The van der Waals surface area contributed by atoms with Gasteiger partial charge in [0.1, 0.15) is 0 Å². The Morgan fingerprint density at radius 3 is 2.29 bits per heavy atom. The van der Waals surface area contributed by atoms with E-state index in [2.05, 4.69) is 9.80 Å². The molecule has 4 heteroatoms.